The number of carbonyl (C=O) groups excluding carboxylic acids is 1. The highest BCUT2D eigenvalue weighted by Gasteiger charge is 2.21. The van der Waals surface area contributed by atoms with Gasteiger partial charge in [0.2, 0.25) is 0 Å². The van der Waals surface area contributed by atoms with Crippen molar-refractivity contribution >= 4 is 16.7 Å². The second kappa shape index (κ2) is 11.3. The number of hydrogen-bond donors (Lipinski definition) is 1. The highest BCUT2D eigenvalue weighted by molar-refractivity contribution is 6.04. The van der Waals surface area contributed by atoms with Crippen molar-refractivity contribution in [2.75, 3.05) is 26.2 Å². The summed E-state index contributed by atoms with van der Waals surface area (Å²) in [7, 11) is 0. The van der Waals surface area contributed by atoms with Gasteiger partial charge in [-0.1, -0.05) is 31.5 Å². The molecule has 0 bridgehead atoms. The quantitative estimate of drug-likeness (QED) is 0.483. The zero-order valence-corrected chi connectivity index (χ0v) is 20.1. The SMILES string of the molecule is CCOc1ccc(-n2nc(C(=O)NCCCN3CCCC[C@@H]3CC)c3ccccc3c2=O)cc1. The van der Waals surface area contributed by atoms with Crippen LogP contribution in [0.2, 0.25) is 0 Å². The first kappa shape index (κ1) is 24.0. The summed E-state index contributed by atoms with van der Waals surface area (Å²) in [5, 5.41) is 8.54. The molecule has 0 saturated carbocycles. The molecule has 1 amide bonds. The Morgan fingerprint density at radius 3 is 2.59 bits per heavy atom. The first-order valence-electron chi connectivity index (χ1n) is 12.4. The van der Waals surface area contributed by atoms with Crippen molar-refractivity contribution in [3.05, 3.63) is 64.6 Å². The van der Waals surface area contributed by atoms with Crippen LogP contribution in [0.15, 0.2) is 53.3 Å². The molecule has 1 aromatic heterocycles. The van der Waals surface area contributed by atoms with Gasteiger partial charge in [0.15, 0.2) is 5.69 Å². The van der Waals surface area contributed by atoms with E-state index in [1.54, 1.807) is 42.5 Å². The fourth-order valence-corrected chi connectivity index (χ4v) is 4.77. The third kappa shape index (κ3) is 5.30. The van der Waals surface area contributed by atoms with Crippen molar-refractivity contribution in [3.8, 4) is 11.4 Å². The van der Waals surface area contributed by atoms with E-state index in [1.165, 1.54) is 30.4 Å². The molecule has 1 aliphatic rings. The van der Waals surface area contributed by atoms with Crippen molar-refractivity contribution in [1.82, 2.24) is 20.0 Å². The van der Waals surface area contributed by atoms with Gasteiger partial charge in [-0.25, -0.2) is 0 Å². The average Bonchev–Trinajstić information content (AvgIpc) is 2.88. The largest absolute Gasteiger partial charge is 0.494 e. The number of amides is 1. The Morgan fingerprint density at radius 2 is 1.85 bits per heavy atom. The van der Waals surface area contributed by atoms with Crippen molar-refractivity contribution < 1.29 is 9.53 Å². The molecule has 1 atom stereocenters. The molecule has 7 heteroatoms. The number of likely N-dealkylation sites (tertiary alicyclic amines) is 1. The minimum Gasteiger partial charge on any atom is -0.494 e. The van der Waals surface area contributed by atoms with E-state index in [-0.39, 0.29) is 17.2 Å². The Bertz CT molecular complexity index is 1170. The molecule has 2 heterocycles. The number of nitrogens with zero attached hydrogens (tertiary/aromatic N) is 3. The highest BCUT2D eigenvalue weighted by Crippen LogP contribution is 2.20. The molecule has 2 aromatic carbocycles. The van der Waals surface area contributed by atoms with Gasteiger partial charge in [-0.2, -0.15) is 9.78 Å². The number of rotatable bonds is 9. The lowest BCUT2D eigenvalue weighted by Gasteiger charge is -2.35. The van der Waals surface area contributed by atoms with Gasteiger partial charge in [0.25, 0.3) is 11.5 Å². The van der Waals surface area contributed by atoms with Crippen LogP contribution >= 0.6 is 0 Å². The van der Waals surface area contributed by atoms with Crippen molar-refractivity contribution in [2.24, 2.45) is 0 Å². The molecular weight excluding hydrogens is 428 g/mol. The molecule has 34 heavy (non-hydrogen) atoms. The summed E-state index contributed by atoms with van der Waals surface area (Å²) in [5.41, 5.74) is 0.587. The lowest BCUT2D eigenvalue weighted by Crippen LogP contribution is -2.40. The molecule has 0 radical (unpaired) electrons. The Labute approximate surface area is 200 Å². The number of piperidine rings is 1. The predicted molar refractivity (Wildman–Crippen MR) is 135 cm³/mol. The van der Waals surface area contributed by atoms with Crippen LogP contribution in [0.1, 0.15) is 56.4 Å². The smallest absolute Gasteiger partial charge is 0.279 e. The molecule has 0 unspecified atom stereocenters. The van der Waals surface area contributed by atoms with E-state index in [0.29, 0.717) is 35.7 Å². The summed E-state index contributed by atoms with van der Waals surface area (Å²) < 4.78 is 6.79. The van der Waals surface area contributed by atoms with E-state index in [0.717, 1.165) is 25.3 Å². The molecule has 7 nitrogen and oxygen atoms in total. The maximum Gasteiger partial charge on any atom is 0.279 e. The summed E-state index contributed by atoms with van der Waals surface area (Å²) in [4.78, 5) is 28.8. The number of hydrogen-bond acceptors (Lipinski definition) is 5. The topological polar surface area (TPSA) is 76.5 Å². The lowest BCUT2D eigenvalue weighted by molar-refractivity contribution is 0.0942. The van der Waals surface area contributed by atoms with Gasteiger partial charge in [-0.05, 0) is 69.5 Å². The first-order chi connectivity index (χ1) is 16.6. The van der Waals surface area contributed by atoms with Gasteiger partial charge in [0.1, 0.15) is 5.75 Å². The third-order valence-corrected chi connectivity index (χ3v) is 6.54. The predicted octanol–water partition coefficient (Wildman–Crippen LogP) is 4.17. The van der Waals surface area contributed by atoms with Gasteiger partial charge in [0, 0.05) is 24.5 Å². The Balaban J connectivity index is 1.52. The molecule has 1 N–H and O–H groups in total. The normalized spacial score (nSPS) is 16.5. The van der Waals surface area contributed by atoms with E-state index in [2.05, 4.69) is 22.2 Å². The summed E-state index contributed by atoms with van der Waals surface area (Å²) in [6.07, 6.45) is 5.90. The second-order valence-electron chi connectivity index (χ2n) is 8.74. The first-order valence-corrected chi connectivity index (χ1v) is 12.4. The molecule has 0 aliphatic carbocycles. The third-order valence-electron chi connectivity index (χ3n) is 6.54. The van der Waals surface area contributed by atoms with Crippen molar-refractivity contribution in [3.63, 3.8) is 0 Å². The van der Waals surface area contributed by atoms with Crippen LogP contribution in [0, 0.1) is 0 Å². The fourth-order valence-electron chi connectivity index (χ4n) is 4.77. The molecule has 0 spiro atoms. The van der Waals surface area contributed by atoms with Crippen LogP contribution in [-0.2, 0) is 0 Å². The number of aromatic nitrogens is 2. The van der Waals surface area contributed by atoms with Gasteiger partial charge >= 0.3 is 0 Å². The number of carbonyl (C=O) groups is 1. The number of ether oxygens (including phenoxy) is 1. The number of benzene rings is 2. The average molecular weight is 463 g/mol. The summed E-state index contributed by atoms with van der Waals surface area (Å²) in [5.74, 6) is 0.457. The van der Waals surface area contributed by atoms with Crippen molar-refractivity contribution in [2.45, 2.75) is 52.0 Å². The minimum atomic E-state index is -0.262. The van der Waals surface area contributed by atoms with Gasteiger partial charge in [0.05, 0.1) is 17.7 Å². The molecule has 180 valence electrons. The van der Waals surface area contributed by atoms with Gasteiger partial charge in [-0.15, -0.1) is 0 Å². The Hall–Kier alpha value is -3.19. The molecule has 1 saturated heterocycles. The van der Waals surface area contributed by atoms with E-state index in [1.807, 2.05) is 13.0 Å². The number of fused-ring (bicyclic) bond motifs is 1. The lowest BCUT2D eigenvalue weighted by atomic mass is 10.00. The van der Waals surface area contributed by atoms with Crippen LogP contribution < -0.4 is 15.6 Å². The standard InChI is InChI=1S/C27H34N4O3/c1-3-20-10-7-8-18-30(20)19-9-17-28-26(32)25-23-11-5-6-12-24(23)27(33)31(29-25)21-13-15-22(16-14-21)34-4-2/h5-6,11-16,20H,3-4,7-10,17-19H2,1-2H3,(H,28,32)/t20-/m0/s1. The molecule has 1 fully saturated rings. The Kier molecular flexibility index (Phi) is 7.95. The minimum absolute atomic E-state index is 0.257. The van der Waals surface area contributed by atoms with E-state index in [9.17, 15) is 9.59 Å². The number of nitrogens with one attached hydrogen (secondary N) is 1. The maximum absolute atomic E-state index is 13.1. The van der Waals surface area contributed by atoms with Crippen LogP contribution in [0.4, 0.5) is 0 Å². The van der Waals surface area contributed by atoms with E-state index in [4.69, 9.17) is 4.74 Å². The summed E-state index contributed by atoms with van der Waals surface area (Å²) in [6, 6.07) is 14.9. The molecular formula is C27H34N4O3. The summed E-state index contributed by atoms with van der Waals surface area (Å²) in [6.45, 7) is 7.44. The zero-order chi connectivity index (χ0) is 23.9. The second-order valence-corrected chi connectivity index (χ2v) is 8.74. The van der Waals surface area contributed by atoms with E-state index < -0.39 is 0 Å². The Morgan fingerprint density at radius 1 is 1.09 bits per heavy atom. The monoisotopic (exact) mass is 462 g/mol. The highest BCUT2D eigenvalue weighted by atomic mass is 16.5. The molecule has 4 rings (SSSR count). The van der Waals surface area contributed by atoms with Crippen molar-refractivity contribution in [1.29, 1.82) is 0 Å². The van der Waals surface area contributed by atoms with Crippen LogP contribution in [0.3, 0.4) is 0 Å². The summed E-state index contributed by atoms with van der Waals surface area (Å²) >= 11 is 0. The van der Waals surface area contributed by atoms with Crippen LogP contribution in [0.25, 0.3) is 16.5 Å². The van der Waals surface area contributed by atoms with Gasteiger partial charge in [-0.3, -0.25) is 9.59 Å². The van der Waals surface area contributed by atoms with Gasteiger partial charge < -0.3 is 15.0 Å². The zero-order valence-electron chi connectivity index (χ0n) is 20.1. The molecule has 1 aliphatic heterocycles. The molecule has 3 aromatic rings. The maximum atomic E-state index is 13.1. The van der Waals surface area contributed by atoms with E-state index >= 15 is 0 Å². The van der Waals surface area contributed by atoms with Crippen LogP contribution in [0.5, 0.6) is 5.75 Å². The fraction of sp³-hybridized carbons (Fsp3) is 0.444. The van der Waals surface area contributed by atoms with Crippen LogP contribution in [-0.4, -0.2) is 52.9 Å².